The Morgan fingerprint density at radius 2 is 1.78 bits per heavy atom. The molecule has 0 N–H and O–H groups in total. The molecule has 1 unspecified atom stereocenters. The van der Waals surface area contributed by atoms with Crippen LogP contribution in [0, 0.1) is 5.41 Å². The van der Waals surface area contributed by atoms with Crippen molar-refractivity contribution in [2.45, 2.75) is 53.5 Å². The first-order valence-corrected chi connectivity index (χ1v) is 11.1. The number of fused-ring (bicyclic) bond motifs is 1. The fraction of sp³-hybridized carbons (Fsp3) is 0.423. The molecule has 0 aliphatic rings. The van der Waals surface area contributed by atoms with E-state index in [2.05, 4.69) is 27.7 Å². The van der Waals surface area contributed by atoms with Gasteiger partial charge < -0.3 is 9.64 Å². The molecule has 0 radical (unpaired) electrons. The number of aromatic nitrogens is 2. The molecule has 1 atom stereocenters. The summed E-state index contributed by atoms with van der Waals surface area (Å²) in [5.41, 5.74) is 1.04. The molecule has 170 valence electrons. The number of ether oxygens (including phenoxy) is 1. The average Bonchev–Trinajstić information content (AvgIpc) is 2.76. The van der Waals surface area contributed by atoms with E-state index < -0.39 is 0 Å². The van der Waals surface area contributed by atoms with Gasteiger partial charge in [-0.3, -0.25) is 14.2 Å². The number of benzene rings is 2. The largest absolute Gasteiger partial charge is 0.497 e. The summed E-state index contributed by atoms with van der Waals surface area (Å²) in [4.78, 5) is 33.5. The van der Waals surface area contributed by atoms with Gasteiger partial charge in [-0.15, -0.1) is 0 Å². The summed E-state index contributed by atoms with van der Waals surface area (Å²) in [6.07, 6.45) is 1.25. The van der Waals surface area contributed by atoms with Crippen molar-refractivity contribution in [3.05, 3.63) is 64.7 Å². The SMILES string of the molecule is CCCN(C(=O)CC(C)(C)C)C(C)c1nc2ccccc2c(=O)n1-c1ccc(OC)cc1. The second-order valence-corrected chi connectivity index (χ2v) is 9.33. The molecule has 1 amide bonds. The van der Waals surface area contributed by atoms with E-state index in [1.54, 1.807) is 17.7 Å². The molecule has 0 fully saturated rings. The zero-order valence-corrected chi connectivity index (χ0v) is 19.9. The summed E-state index contributed by atoms with van der Waals surface area (Å²) in [5, 5.41) is 0.544. The van der Waals surface area contributed by atoms with Crippen LogP contribution in [0.3, 0.4) is 0 Å². The van der Waals surface area contributed by atoms with Crippen LogP contribution in [-0.4, -0.2) is 34.0 Å². The van der Waals surface area contributed by atoms with E-state index in [-0.39, 0.29) is 22.9 Å². The van der Waals surface area contributed by atoms with Gasteiger partial charge in [-0.2, -0.15) is 0 Å². The number of nitrogens with zero attached hydrogens (tertiary/aromatic N) is 3. The van der Waals surface area contributed by atoms with Crippen LogP contribution in [-0.2, 0) is 4.79 Å². The molecule has 3 aromatic rings. The Kier molecular flexibility index (Phi) is 7.02. The molecule has 2 aromatic carbocycles. The molecular formula is C26H33N3O3. The van der Waals surface area contributed by atoms with Crippen molar-refractivity contribution in [2.24, 2.45) is 5.41 Å². The first kappa shape index (κ1) is 23.5. The van der Waals surface area contributed by atoms with Gasteiger partial charge in [0.1, 0.15) is 11.6 Å². The molecule has 0 saturated heterocycles. The molecule has 0 aliphatic carbocycles. The van der Waals surface area contributed by atoms with Gasteiger partial charge in [0, 0.05) is 13.0 Å². The maximum Gasteiger partial charge on any atom is 0.266 e. The lowest BCUT2D eigenvalue weighted by Gasteiger charge is -2.32. The van der Waals surface area contributed by atoms with Crippen molar-refractivity contribution in [3.63, 3.8) is 0 Å². The van der Waals surface area contributed by atoms with Crippen LogP contribution < -0.4 is 10.3 Å². The van der Waals surface area contributed by atoms with Crippen LogP contribution in [0.2, 0.25) is 0 Å². The molecule has 0 saturated carbocycles. The Hall–Kier alpha value is -3.15. The van der Waals surface area contributed by atoms with Crippen molar-refractivity contribution < 1.29 is 9.53 Å². The zero-order chi connectivity index (χ0) is 23.5. The maximum absolute atomic E-state index is 13.6. The van der Waals surface area contributed by atoms with E-state index >= 15 is 0 Å². The minimum Gasteiger partial charge on any atom is -0.497 e. The predicted molar refractivity (Wildman–Crippen MR) is 128 cm³/mol. The van der Waals surface area contributed by atoms with Gasteiger partial charge in [-0.05, 0) is 55.2 Å². The number of rotatable bonds is 7. The molecule has 3 rings (SSSR count). The van der Waals surface area contributed by atoms with Crippen LogP contribution in [0.1, 0.15) is 59.3 Å². The molecule has 32 heavy (non-hydrogen) atoms. The minimum atomic E-state index is -0.371. The quantitative estimate of drug-likeness (QED) is 0.516. The number of methoxy groups -OCH3 is 1. The molecular weight excluding hydrogens is 402 g/mol. The Morgan fingerprint density at radius 3 is 2.38 bits per heavy atom. The Labute approximate surface area is 189 Å². The van der Waals surface area contributed by atoms with E-state index in [0.29, 0.717) is 41.1 Å². The highest BCUT2D eigenvalue weighted by Crippen LogP contribution is 2.27. The monoisotopic (exact) mass is 435 g/mol. The lowest BCUT2D eigenvalue weighted by Crippen LogP contribution is -2.39. The van der Waals surface area contributed by atoms with E-state index in [0.717, 1.165) is 6.42 Å². The highest BCUT2D eigenvalue weighted by Gasteiger charge is 2.28. The topological polar surface area (TPSA) is 64.4 Å². The number of para-hydroxylation sites is 1. The predicted octanol–water partition coefficient (Wildman–Crippen LogP) is 5.13. The highest BCUT2D eigenvalue weighted by molar-refractivity contribution is 5.79. The molecule has 6 nitrogen and oxygen atoms in total. The maximum atomic E-state index is 13.6. The van der Waals surface area contributed by atoms with E-state index in [1.165, 1.54) is 0 Å². The van der Waals surface area contributed by atoms with Crippen molar-refractivity contribution >= 4 is 16.8 Å². The van der Waals surface area contributed by atoms with Gasteiger partial charge in [0.25, 0.3) is 5.56 Å². The van der Waals surface area contributed by atoms with E-state index in [4.69, 9.17) is 9.72 Å². The van der Waals surface area contributed by atoms with Gasteiger partial charge in [0.2, 0.25) is 5.91 Å². The second kappa shape index (κ2) is 9.55. The molecule has 6 heteroatoms. The Bertz CT molecular complexity index is 1140. The lowest BCUT2D eigenvalue weighted by atomic mass is 9.91. The molecule has 0 bridgehead atoms. The first-order valence-electron chi connectivity index (χ1n) is 11.1. The summed E-state index contributed by atoms with van der Waals surface area (Å²) in [6, 6.07) is 14.3. The van der Waals surface area contributed by atoms with Crippen molar-refractivity contribution in [1.29, 1.82) is 0 Å². The van der Waals surface area contributed by atoms with Crippen LogP contribution in [0.4, 0.5) is 0 Å². The Morgan fingerprint density at radius 1 is 1.12 bits per heavy atom. The number of carbonyl (C=O) groups excluding carboxylic acids is 1. The second-order valence-electron chi connectivity index (χ2n) is 9.33. The Balaban J connectivity index is 2.20. The van der Waals surface area contributed by atoms with Crippen LogP contribution in [0.15, 0.2) is 53.3 Å². The standard InChI is InChI=1S/C26H33N3O3/c1-7-16-28(23(30)17-26(3,4)5)18(2)24-27-22-11-9-8-10-21(22)25(31)29(24)19-12-14-20(32-6)15-13-19/h8-15,18H,7,16-17H2,1-6H3. The van der Waals surface area contributed by atoms with Crippen molar-refractivity contribution in [1.82, 2.24) is 14.5 Å². The summed E-state index contributed by atoms with van der Waals surface area (Å²) >= 11 is 0. The highest BCUT2D eigenvalue weighted by atomic mass is 16.5. The normalized spacial score (nSPS) is 12.6. The molecule has 0 spiro atoms. The summed E-state index contributed by atoms with van der Waals surface area (Å²) < 4.78 is 6.90. The summed E-state index contributed by atoms with van der Waals surface area (Å²) in [7, 11) is 1.61. The number of hydrogen-bond acceptors (Lipinski definition) is 4. The van der Waals surface area contributed by atoms with Crippen molar-refractivity contribution in [3.8, 4) is 11.4 Å². The number of hydrogen-bond donors (Lipinski definition) is 0. The number of carbonyl (C=O) groups is 1. The van der Waals surface area contributed by atoms with Gasteiger partial charge in [0.15, 0.2) is 0 Å². The number of amides is 1. The molecule has 0 aliphatic heterocycles. The van der Waals surface area contributed by atoms with E-state index in [9.17, 15) is 9.59 Å². The van der Waals surface area contributed by atoms with Gasteiger partial charge in [-0.1, -0.05) is 39.8 Å². The fourth-order valence-corrected chi connectivity index (χ4v) is 3.88. The third-order valence-electron chi connectivity index (χ3n) is 5.44. The molecule has 1 heterocycles. The summed E-state index contributed by atoms with van der Waals surface area (Å²) in [6.45, 7) is 10.8. The van der Waals surface area contributed by atoms with E-state index in [1.807, 2.05) is 54.3 Å². The van der Waals surface area contributed by atoms with Crippen LogP contribution in [0.5, 0.6) is 5.75 Å². The summed E-state index contributed by atoms with van der Waals surface area (Å²) in [5.74, 6) is 1.32. The van der Waals surface area contributed by atoms with Crippen molar-refractivity contribution in [2.75, 3.05) is 13.7 Å². The fourth-order valence-electron chi connectivity index (χ4n) is 3.88. The molecule has 1 aromatic heterocycles. The van der Waals surface area contributed by atoms with Gasteiger partial charge >= 0.3 is 0 Å². The minimum absolute atomic E-state index is 0.0653. The third kappa shape index (κ3) is 5.01. The van der Waals surface area contributed by atoms with Gasteiger partial charge in [0.05, 0.1) is 29.7 Å². The smallest absolute Gasteiger partial charge is 0.266 e. The lowest BCUT2D eigenvalue weighted by molar-refractivity contribution is -0.135. The van der Waals surface area contributed by atoms with Crippen LogP contribution >= 0.6 is 0 Å². The third-order valence-corrected chi connectivity index (χ3v) is 5.44. The first-order chi connectivity index (χ1) is 15.2. The zero-order valence-electron chi connectivity index (χ0n) is 19.9. The van der Waals surface area contributed by atoms with Crippen LogP contribution in [0.25, 0.3) is 16.6 Å². The average molecular weight is 436 g/mol. The van der Waals surface area contributed by atoms with Gasteiger partial charge in [-0.25, -0.2) is 4.98 Å².